The molecule has 2 rings (SSSR count). The fraction of sp³-hybridized carbons (Fsp3) is 0.421. The Kier molecular flexibility index (Phi) is 5.54. The standard InChI is InChI=1S/C19H26N4O/c1-6-23(7-2)18(24)16-12-21-17(13-20-16)22-15-10-8-14(9-11-15)19(3,4)5/h8-13H,6-7H2,1-5H3,(H,21,22). The minimum Gasteiger partial charge on any atom is -0.339 e. The summed E-state index contributed by atoms with van der Waals surface area (Å²) in [6, 6.07) is 8.26. The van der Waals surface area contributed by atoms with Crippen LogP contribution in [0, 0.1) is 0 Å². The van der Waals surface area contributed by atoms with Crippen molar-refractivity contribution in [2.24, 2.45) is 0 Å². The van der Waals surface area contributed by atoms with Crippen LogP contribution in [0.4, 0.5) is 11.5 Å². The van der Waals surface area contributed by atoms with Crippen molar-refractivity contribution in [1.82, 2.24) is 14.9 Å². The maximum atomic E-state index is 12.2. The molecule has 24 heavy (non-hydrogen) atoms. The second kappa shape index (κ2) is 7.43. The van der Waals surface area contributed by atoms with Crippen LogP contribution in [0.1, 0.15) is 50.7 Å². The van der Waals surface area contributed by atoms with Crippen LogP contribution in [-0.2, 0) is 5.41 Å². The van der Waals surface area contributed by atoms with Gasteiger partial charge in [0.15, 0.2) is 0 Å². The van der Waals surface area contributed by atoms with E-state index in [4.69, 9.17) is 0 Å². The van der Waals surface area contributed by atoms with Gasteiger partial charge in [0, 0.05) is 18.8 Å². The van der Waals surface area contributed by atoms with Gasteiger partial charge in [0.2, 0.25) is 0 Å². The van der Waals surface area contributed by atoms with Crippen molar-refractivity contribution >= 4 is 17.4 Å². The monoisotopic (exact) mass is 326 g/mol. The summed E-state index contributed by atoms with van der Waals surface area (Å²) in [7, 11) is 0. The highest BCUT2D eigenvalue weighted by Gasteiger charge is 2.15. The molecule has 2 aromatic rings. The summed E-state index contributed by atoms with van der Waals surface area (Å²) in [6.45, 7) is 11.8. The van der Waals surface area contributed by atoms with Gasteiger partial charge in [-0.1, -0.05) is 32.9 Å². The Labute approximate surface area is 144 Å². The first-order valence-electron chi connectivity index (χ1n) is 8.34. The molecule has 1 amide bonds. The van der Waals surface area contributed by atoms with Gasteiger partial charge >= 0.3 is 0 Å². The van der Waals surface area contributed by atoms with Crippen LogP contribution in [0.5, 0.6) is 0 Å². The molecule has 1 aromatic heterocycles. The third-order valence-corrected chi connectivity index (χ3v) is 3.94. The van der Waals surface area contributed by atoms with E-state index in [1.54, 1.807) is 11.1 Å². The first-order chi connectivity index (χ1) is 11.3. The Morgan fingerprint density at radius 2 is 1.67 bits per heavy atom. The zero-order valence-corrected chi connectivity index (χ0v) is 15.1. The van der Waals surface area contributed by atoms with Crippen molar-refractivity contribution in [3.63, 3.8) is 0 Å². The number of hydrogen-bond donors (Lipinski definition) is 1. The molecule has 0 bridgehead atoms. The molecule has 0 fully saturated rings. The Morgan fingerprint density at radius 1 is 1.04 bits per heavy atom. The van der Waals surface area contributed by atoms with Gasteiger partial charge in [0.25, 0.3) is 5.91 Å². The Bertz CT molecular complexity index is 668. The van der Waals surface area contributed by atoms with Gasteiger partial charge in [-0.05, 0) is 37.0 Å². The quantitative estimate of drug-likeness (QED) is 0.902. The van der Waals surface area contributed by atoms with Gasteiger partial charge in [-0.3, -0.25) is 4.79 Å². The number of amides is 1. The number of benzene rings is 1. The van der Waals surface area contributed by atoms with E-state index in [2.05, 4.69) is 48.2 Å². The van der Waals surface area contributed by atoms with Crippen LogP contribution in [0.15, 0.2) is 36.7 Å². The molecule has 5 nitrogen and oxygen atoms in total. The molecule has 0 aliphatic rings. The summed E-state index contributed by atoms with van der Waals surface area (Å²) < 4.78 is 0. The van der Waals surface area contributed by atoms with Crippen LogP contribution >= 0.6 is 0 Å². The zero-order valence-electron chi connectivity index (χ0n) is 15.1. The molecule has 1 aromatic carbocycles. The third kappa shape index (κ3) is 4.31. The molecule has 0 saturated carbocycles. The SMILES string of the molecule is CCN(CC)C(=O)c1cnc(Nc2ccc(C(C)(C)C)cc2)cn1. The highest BCUT2D eigenvalue weighted by molar-refractivity contribution is 5.92. The predicted octanol–water partition coefficient (Wildman–Crippen LogP) is 4.00. The predicted molar refractivity (Wildman–Crippen MR) is 97.7 cm³/mol. The van der Waals surface area contributed by atoms with E-state index in [-0.39, 0.29) is 11.3 Å². The minimum atomic E-state index is -0.0893. The number of carbonyl (C=O) groups excluding carboxylic acids is 1. The van der Waals surface area contributed by atoms with Crippen molar-refractivity contribution in [2.45, 2.75) is 40.0 Å². The van der Waals surface area contributed by atoms with Gasteiger partial charge in [-0.15, -0.1) is 0 Å². The van der Waals surface area contributed by atoms with Crippen LogP contribution in [-0.4, -0.2) is 33.9 Å². The summed E-state index contributed by atoms with van der Waals surface area (Å²) in [5.74, 6) is 0.531. The topological polar surface area (TPSA) is 58.1 Å². The molecule has 0 spiro atoms. The number of nitrogens with one attached hydrogen (secondary N) is 1. The Hall–Kier alpha value is -2.43. The largest absolute Gasteiger partial charge is 0.339 e. The molecule has 0 atom stereocenters. The van der Waals surface area contributed by atoms with Crippen molar-refractivity contribution in [1.29, 1.82) is 0 Å². The lowest BCUT2D eigenvalue weighted by Gasteiger charge is -2.19. The van der Waals surface area contributed by atoms with E-state index in [1.807, 2.05) is 26.0 Å². The molecular formula is C19H26N4O. The summed E-state index contributed by atoms with van der Waals surface area (Å²) >= 11 is 0. The number of nitrogens with zero attached hydrogens (tertiary/aromatic N) is 3. The van der Waals surface area contributed by atoms with Gasteiger partial charge in [-0.25, -0.2) is 9.97 Å². The molecule has 0 aliphatic heterocycles. The molecular weight excluding hydrogens is 300 g/mol. The van der Waals surface area contributed by atoms with Crippen molar-refractivity contribution in [3.8, 4) is 0 Å². The first-order valence-corrected chi connectivity index (χ1v) is 8.34. The lowest BCUT2D eigenvalue weighted by atomic mass is 9.87. The Balaban J connectivity index is 2.08. The van der Waals surface area contributed by atoms with Crippen LogP contribution in [0.3, 0.4) is 0 Å². The second-order valence-corrected chi connectivity index (χ2v) is 6.72. The molecule has 1 N–H and O–H groups in total. The second-order valence-electron chi connectivity index (χ2n) is 6.72. The van der Waals surface area contributed by atoms with Crippen molar-refractivity contribution in [2.75, 3.05) is 18.4 Å². The molecule has 0 aliphatic carbocycles. The number of hydrogen-bond acceptors (Lipinski definition) is 4. The molecule has 0 unspecified atom stereocenters. The van der Waals surface area contributed by atoms with E-state index in [0.717, 1.165) is 5.69 Å². The van der Waals surface area contributed by atoms with Gasteiger partial charge in [0.1, 0.15) is 11.5 Å². The van der Waals surface area contributed by atoms with Crippen LogP contribution in [0.2, 0.25) is 0 Å². The van der Waals surface area contributed by atoms with Crippen LogP contribution < -0.4 is 5.32 Å². The lowest BCUT2D eigenvalue weighted by molar-refractivity contribution is 0.0766. The highest BCUT2D eigenvalue weighted by Crippen LogP contribution is 2.24. The molecule has 5 heteroatoms. The number of rotatable bonds is 5. The van der Waals surface area contributed by atoms with Gasteiger partial charge in [0.05, 0.1) is 12.4 Å². The summed E-state index contributed by atoms with van der Waals surface area (Å²) in [5, 5.41) is 3.21. The van der Waals surface area contributed by atoms with Gasteiger partial charge < -0.3 is 10.2 Å². The average molecular weight is 326 g/mol. The summed E-state index contributed by atoms with van der Waals surface area (Å²) in [5.41, 5.74) is 2.72. The molecule has 0 radical (unpaired) electrons. The average Bonchev–Trinajstić information content (AvgIpc) is 2.56. The van der Waals surface area contributed by atoms with Crippen molar-refractivity contribution < 1.29 is 4.79 Å². The lowest BCUT2D eigenvalue weighted by Crippen LogP contribution is -2.31. The number of anilines is 2. The smallest absolute Gasteiger partial charge is 0.274 e. The fourth-order valence-electron chi connectivity index (χ4n) is 2.38. The molecule has 128 valence electrons. The maximum absolute atomic E-state index is 12.2. The van der Waals surface area contributed by atoms with E-state index < -0.39 is 0 Å². The summed E-state index contributed by atoms with van der Waals surface area (Å²) in [6.07, 6.45) is 3.11. The van der Waals surface area contributed by atoms with Crippen molar-refractivity contribution in [3.05, 3.63) is 47.9 Å². The molecule has 0 saturated heterocycles. The zero-order chi connectivity index (χ0) is 17.7. The van der Waals surface area contributed by atoms with E-state index in [1.165, 1.54) is 11.8 Å². The Morgan fingerprint density at radius 3 is 2.12 bits per heavy atom. The van der Waals surface area contributed by atoms with Gasteiger partial charge in [-0.2, -0.15) is 0 Å². The maximum Gasteiger partial charge on any atom is 0.274 e. The normalized spacial score (nSPS) is 11.2. The number of aromatic nitrogens is 2. The summed E-state index contributed by atoms with van der Waals surface area (Å²) in [4.78, 5) is 22.5. The fourth-order valence-corrected chi connectivity index (χ4v) is 2.38. The van der Waals surface area contributed by atoms with E-state index >= 15 is 0 Å². The third-order valence-electron chi connectivity index (χ3n) is 3.94. The first kappa shape index (κ1) is 17.9. The molecule has 1 heterocycles. The van der Waals surface area contributed by atoms with E-state index in [0.29, 0.717) is 24.6 Å². The van der Waals surface area contributed by atoms with Crippen LogP contribution in [0.25, 0.3) is 0 Å². The van der Waals surface area contributed by atoms with E-state index in [9.17, 15) is 4.79 Å². The highest BCUT2D eigenvalue weighted by atomic mass is 16.2. The number of carbonyl (C=O) groups is 1. The minimum absolute atomic E-state index is 0.0893.